The minimum absolute atomic E-state index is 0.0245. The van der Waals surface area contributed by atoms with E-state index in [2.05, 4.69) is 37.4 Å². The molecule has 0 aliphatic carbocycles. The molecular weight excluding hydrogens is 342 g/mol. The molecule has 1 N–H and O–H groups in total. The van der Waals surface area contributed by atoms with Crippen LogP contribution in [0.3, 0.4) is 0 Å². The normalized spacial score (nSPS) is 10.5. The Morgan fingerprint density at radius 3 is 2.46 bits per heavy atom. The number of amides is 1. The minimum atomic E-state index is -0.0245. The van der Waals surface area contributed by atoms with Gasteiger partial charge < -0.3 is 10.1 Å². The Balaban J connectivity index is 1.49. The van der Waals surface area contributed by atoms with Gasteiger partial charge in [0.15, 0.2) is 0 Å². The van der Waals surface area contributed by atoms with Crippen molar-refractivity contribution in [1.29, 1.82) is 0 Å². The number of nitrogens with one attached hydrogen (secondary N) is 1. The highest BCUT2D eigenvalue weighted by Crippen LogP contribution is 2.20. The van der Waals surface area contributed by atoms with Crippen LogP contribution >= 0.6 is 11.3 Å². The Hall–Kier alpha value is -2.59. The Morgan fingerprint density at radius 2 is 1.73 bits per heavy atom. The molecule has 26 heavy (non-hydrogen) atoms. The lowest BCUT2D eigenvalue weighted by Gasteiger charge is -2.07. The van der Waals surface area contributed by atoms with Gasteiger partial charge in [0, 0.05) is 12.1 Å². The molecule has 0 bridgehead atoms. The van der Waals surface area contributed by atoms with E-state index in [4.69, 9.17) is 4.74 Å². The monoisotopic (exact) mass is 365 g/mol. The third-order valence-electron chi connectivity index (χ3n) is 4.02. The van der Waals surface area contributed by atoms with Crippen LogP contribution in [-0.2, 0) is 13.0 Å². The van der Waals surface area contributed by atoms with E-state index in [0.717, 1.165) is 22.6 Å². The Kier molecular flexibility index (Phi) is 6.08. The third-order valence-corrected chi connectivity index (χ3v) is 5.00. The zero-order valence-electron chi connectivity index (χ0n) is 15.1. The second-order valence-electron chi connectivity index (χ2n) is 6.42. The molecule has 2 aromatic carbocycles. The lowest BCUT2D eigenvalue weighted by atomic mass is 10.1. The van der Waals surface area contributed by atoms with Crippen molar-refractivity contribution in [3.8, 4) is 5.75 Å². The molecule has 4 heteroatoms. The topological polar surface area (TPSA) is 38.3 Å². The fraction of sp³-hybridized carbons (Fsp3) is 0.227. The molecule has 1 heterocycles. The summed E-state index contributed by atoms with van der Waals surface area (Å²) in [6, 6.07) is 18.2. The van der Waals surface area contributed by atoms with E-state index >= 15 is 0 Å². The van der Waals surface area contributed by atoms with Crippen LogP contribution in [0.25, 0.3) is 0 Å². The molecule has 0 fully saturated rings. The first-order valence-corrected chi connectivity index (χ1v) is 9.59. The number of thiophene rings is 1. The van der Waals surface area contributed by atoms with E-state index in [1.54, 1.807) is 0 Å². The van der Waals surface area contributed by atoms with E-state index < -0.39 is 0 Å². The largest absolute Gasteiger partial charge is 0.489 e. The molecule has 0 saturated heterocycles. The zero-order valence-corrected chi connectivity index (χ0v) is 15.9. The molecule has 0 atom stereocenters. The van der Waals surface area contributed by atoms with E-state index in [-0.39, 0.29) is 5.91 Å². The van der Waals surface area contributed by atoms with Crippen LogP contribution in [-0.4, -0.2) is 12.5 Å². The van der Waals surface area contributed by atoms with Gasteiger partial charge in [-0.1, -0.05) is 36.4 Å². The number of ether oxygens (including phenoxy) is 1. The second-order valence-corrected chi connectivity index (χ2v) is 7.33. The number of benzene rings is 2. The van der Waals surface area contributed by atoms with Gasteiger partial charge in [0.05, 0.1) is 4.88 Å². The van der Waals surface area contributed by atoms with Crippen molar-refractivity contribution in [3.05, 3.63) is 87.1 Å². The summed E-state index contributed by atoms with van der Waals surface area (Å²) in [4.78, 5) is 13.0. The van der Waals surface area contributed by atoms with Crippen LogP contribution in [0.4, 0.5) is 0 Å². The van der Waals surface area contributed by atoms with Gasteiger partial charge in [-0.3, -0.25) is 4.79 Å². The standard InChI is InChI=1S/C22H23NO2S/c1-16-10-17(2)12-20(11-16)25-14-19-13-21(26-15-19)22(24)23-9-8-18-6-4-3-5-7-18/h3-7,10-13,15H,8-9,14H2,1-2H3,(H,23,24). The van der Waals surface area contributed by atoms with Crippen LogP contribution in [0.15, 0.2) is 60.0 Å². The molecule has 1 aromatic heterocycles. The number of hydrogen-bond acceptors (Lipinski definition) is 3. The predicted molar refractivity (Wildman–Crippen MR) is 107 cm³/mol. The van der Waals surface area contributed by atoms with Crippen molar-refractivity contribution >= 4 is 17.2 Å². The molecule has 0 spiro atoms. The zero-order chi connectivity index (χ0) is 18.4. The van der Waals surface area contributed by atoms with E-state index in [0.29, 0.717) is 13.2 Å². The number of aryl methyl sites for hydroxylation is 2. The summed E-state index contributed by atoms with van der Waals surface area (Å²) < 4.78 is 5.86. The van der Waals surface area contributed by atoms with Gasteiger partial charge in [-0.25, -0.2) is 0 Å². The van der Waals surface area contributed by atoms with Crippen molar-refractivity contribution in [2.75, 3.05) is 6.54 Å². The summed E-state index contributed by atoms with van der Waals surface area (Å²) in [5.41, 5.74) is 4.61. The van der Waals surface area contributed by atoms with E-state index in [1.807, 2.05) is 41.8 Å². The molecule has 3 rings (SSSR count). The summed E-state index contributed by atoms with van der Waals surface area (Å²) in [6.45, 7) is 5.22. The first-order valence-electron chi connectivity index (χ1n) is 8.71. The number of carbonyl (C=O) groups is 1. The summed E-state index contributed by atoms with van der Waals surface area (Å²) in [5.74, 6) is 0.839. The van der Waals surface area contributed by atoms with E-state index in [9.17, 15) is 4.79 Å². The van der Waals surface area contributed by atoms with Gasteiger partial charge in [0.1, 0.15) is 12.4 Å². The lowest BCUT2D eigenvalue weighted by molar-refractivity contribution is 0.0958. The molecule has 0 unspecified atom stereocenters. The van der Waals surface area contributed by atoms with Gasteiger partial charge in [0.25, 0.3) is 5.91 Å². The average molecular weight is 365 g/mol. The number of rotatable bonds is 7. The summed E-state index contributed by atoms with van der Waals surface area (Å²) in [6.07, 6.45) is 0.834. The SMILES string of the molecule is Cc1cc(C)cc(OCc2csc(C(=O)NCCc3ccccc3)c2)c1. The minimum Gasteiger partial charge on any atom is -0.489 e. The van der Waals surface area contributed by atoms with Crippen molar-refractivity contribution in [1.82, 2.24) is 5.32 Å². The molecule has 0 saturated carbocycles. The van der Waals surface area contributed by atoms with Gasteiger partial charge in [-0.15, -0.1) is 11.3 Å². The molecule has 3 aromatic rings. The number of hydrogen-bond donors (Lipinski definition) is 1. The van der Waals surface area contributed by atoms with Crippen LogP contribution < -0.4 is 10.1 Å². The third kappa shape index (κ3) is 5.20. The van der Waals surface area contributed by atoms with Gasteiger partial charge >= 0.3 is 0 Å². The van der Waals surface area contributed by atoms with Crippen molar-refractivity contribution < 1.29 is 9.53 Å². The molecule has 1 amide bonds. The quantitative estimate of drug-likeness (QED) is 0.646. The average Bonchev–Trinajstić information content (AvgIpc) is 3.09. The molecule has 3 nitrogen and oxygen atoms in total. The highest BCUT2D eigenvalue weighted by Gasteiger charge is 2.09. The van der Waals surface area contributed by atoms with Crippen LogP contribution in [0, 0.1) is 13.8 Å². The molecule has 134 valence electrons. The molecular formula is C22H23NO2S. The smallest absolute Gasteiger partial charge is 0.261 e. The highest BCUT2D eigenvalue weighted by atomic mass is 32.1. The Morgan fingerprint density at radius 1 is 1.00 bits per heavy atom. The van der Waals surface area contributed by atoms with Gasteiger partial charge in [-0.05, 0) is 60.5 Å². The van der Waals surface area contributed by atoms with Crippen molar-refractivity contribution in [2.24, 2.45) is 0 Å². The lowest BCUT2D eigenvalue weighted by Crippen LogP contribution is -2.24. The maximum absolute atomic E-state index is 12.3. The van der Waals surface area contributed by atoms with Crippen LogP contribution in [0.5, 0.6) is 5.75 Å². The first-order chi connectivity index (χ1) is 12.6. The fourth-order valence-electron chi connectivity index (χ4n) is 2.81. The van der Waals surface area contributed by atoms with Gasteiger partial charge in [0.2, 0.25) is 0 Å². The summed E-state index contributed by atoms with van der Waals surface area (Å²) >= 11 is 1.45. The predicted octanol–water partition coefficient (Wildman–Crippen LogP) is 4.92. The molecule has 0 aliphatic heterocycles. The molecule has 0 radical (unpaired) electrons. The maximum Gasteiger partial charge on any atom is 0.261 e. The Labute approximate surface area is 158 Å². The van der Waals surface area contributed by atoms with Crippen molar-refractivity contribution in [3.63, 3.8) is 0 Å². The number of carbonyl (C=O) groups excluding carboxylic acids is 1. The summed E-state index contributed by atoms with van der Waals surface area (Å²) in [5, 5.41) is 4.96. The van der Waals surface area contributed by atoms with Crippen LogP contribution in [0.2, 0.25) is 0 Å². The van der Waals surface area contributed by atoms with E-state index in [1.165, 1.54) is 28.0 Å². The van der Waals surface area contributed by atoms with Crippen LogP contribution in [0.1, 0.15) is 31.9 Å². The Bertz CT molecular complexity index is 851. The summed E-state index contributed by atoms with van der Waals surface area (Å²) in [7, 11) is 0. The second kappa shape index (κ2) is 8.68. The maximum atomic E-state index is 12.3. The first kappa shape index (κ1) is 18.2. The van der Waals surface area contributed by atoms with Crippen molar-refractivity contribution in [2.45, 2.75) is 26.9 Å². The van der Waals surface area contributed by atoms with Gasteiger partial charge in [-0.2, -0.15) is 0 Å². The molecule has 0 aliphatic rings. The fourth-order valence-corrected chi connectivity index (χ4v) is 3.62. The highest BCUT2D eigenvalue weighted by molar-refractivity contribution is 7.12.